The van der Waals surface area contributed by atoms with Crippen molar-refractivity contribution in [1.82, 2.24) is 15.2 Å². The molecule has 0 saturated heterocycles. The predicted molar refractivity (Wildman–Crippen MR) is 99.3 cm³/mol. The molecule has 0 amide bonds. The van der Waals surface area contributed by atoms with Gasteiger partial charge in [0.25, 0.3) is 5.22 Å². The van der Waals surface area contributed by atoms with Crippen molar-refractivity contribution in [3.63, 3.8) is 0 Å². The second kappa shape index (κ2) is 6.93. The number of hydrogen-bond acceptors (Lipinski definition) is 7. The summed E-state index contributed by atoms with van der Waals surface area (Å²) in [5.74, 6) is 0.868. The van der Waals surface area contributed by atoms with Gasteiger partial charge < -0.3 is 8.83 Å². The highest BCUT2D eigenvalue weighted by molar-refractivity contribution is 7.98. The van der Waals surface area contributed by atoms with Crippen LogP contribution in [0.5, 0.6) is 0 Å². The van der Waals surface area contributed by atoms with Crippen molar-refractivity contribution in [2.24, 2.45) is 0 Å². The zero-order valence-corrected chi connectivity index (χ0v) is 15.2. The van der Waals surface area contributed by atoms with E-state index in [2.05, 4.69) is 15.2 Å². The highest BCUT2D eigenvalue weighted by atomic mass is 35.5. The van der Waals surface area contributed by atoms with E-state index in [0.717, 1.165) is 22.1 Å². The lowest BCUT2D eigenvalue weighted by Gasteiger charge is -2.06. The van der Waals surface area contributed by atoms with Crippen LogP contribution in [0.4, 0.5) is 0 Å². The van der Waals surface area contributed by atoms with Crippen LogP contribution in [-0.2, 0) is 5.75 Å². The van der Waals surface area contributed by atoms with Crippen LogP contribution >= 0.6 is 23.4 Å². The number of aromatic nitrogens is 3. The van der Waals surface area contributed by atoms with Gasteiger partial charge in [-0.2, -0.15) is 0 Å². The number of rotatable bonds is 4. The Hall–Kier alpha value is -2.64. The fraction of sp³-hybridized carbons (Fsp3) is 0.111. The Morgan fingerprint density at radius 2 is 2.08 bits per heavy atom. The van der Waals surface area contributed by atoms with Gasteiger partial charge in [0.1, 0.15) is 5.58 Å². The molecule has 0 spiro atoms. The Bertz CT molecular complexity index is 1140. The summed E-state index contributed by atoms with van der Waals surface area (Å²) in [5.41, 5.74) is 2.50. The van der Waals surface area contributed by atoms with Crippen LogP contribution in [0.3, 0.4) is 0 Å². The minimum atomic E-state index is -0.406. The van der Waals surface area contributed by atoms with Crippen molar-refractivity contribution < 1.29 is 8.83 Å². The van der Waals surface area contributed by atoms with Gasteiger partial charge in [-0.3, -0.25) is 4.98 Å². The van der Waals surface area contributed by atoms with E-state index in [0.29, 0.717) is 27.5 Å². The average molecular weight is 386 g/mol. The topological polar surface area (TPSA) is 82.0 Å². The van der Waals surface area contributed by atoms with E-state index in [-0.39, 0.29) is 0 Å². The fourth-order valence-corrected chi connectivity index (χ4v) is 3.40. The molecule has 0 saturated carbocycles. The molecule has 0 radical (unpaired) electrons. The number of hydrogen-bond donors (Lipinski definition) is 0. The molecule has 0 bridgehead atoms. The second-order valence-electron chi connectivity index (χ2n) is 5.59. The summed E-state index contributed by atoms with van der Waals surface area (Å²) in [4.78, 5) is 15.9. The third-order valence-electron chi connectivity index (χ3n) is 3.78. The minimum absolute atomic E-state index is 0.400. The molecular weight excluding hydrogens is 374 g/mol. The van der Waals surface area contributed by atoms with Gasteiger partial charge in [-0.1, -0.05) is 23.4 Å². The summed E-state index contributed by atoms with van der Waals surface area (Å²) >= 11 is 7.55. The summed E-state index contributed by atoms with van der Waals surface area (Å²) in [7, 11) is 0. The van der Waals surface area contributed by atoms with Crippen molar-refractivity contribution in [3.8, 4) is 11.5 Å². The van der Waals surface area contributed by atoms with Gasteiger partial charge in [0.05, 0.1) is 5.56 Å². The van der Waals surface area contributed by atoms with Crippen LogP contribution in [0.15, 0.2) is 61.6 Å². The van der Waals surface area contributed by atoms with Gasteiger partial charge in [-0.15, -0.1) is 10.2 Å². The van der Waals surface area contributed by atoms with Crippen LogP contribution in [0.2, 0.25) is 5.02 Å². The van der Waals surface area contributed by atoms with Crippen LogP contribution < -0.4 is 5.63 Å². The lowest BCUT2D eigenvalue weighted by atomic mass is 10.1. The van der Waals surface area contributed by atoms with Crippen molar-refractivity contribution >= 4 is 34.3 Å². The van der Waals surface area contributed by atoms with Gasteiger partial charge in [0.15, 0.2) is 0 Å². The lowest BCUT2D eigenvalue weighted by molar-refractivity contribution is 0.465. The average Bonchev–Trinajstić information content (AvgIpc) is 3.11. The Balaban J connectivity index is 1.61. The van der Waals surface area contributed by atoms with Crippen LogP contribution in [-0.4, -0.2) is 15.2 Å². The molecule has 130 valence electrons. The fourth-order valence-electron chi connectivity index (χ4n) is 2.48. The summed E-state index contributed by atoms with van der Waals surface area (Å²) in [6, 6.07) is 8.67. The molecule has 0 atom stereocenters. The van der Waals surface area contributed by atoms with Crippen molar-refractivity contribution in [3.05, 3.63) is 69.3 Å². The molecule has 1 aromatic carbocycles. The molecule has 0 N–H and O–H groups in total. The van der Waals surface area contributed by atoms with Gasteiger partial charge in [-0.05, 0) is 42.3 Å². The minimum Gasteiger partial charge on any atom is -0.423 e. The lowest BCUT2D eigenvalue weighted by Crippen LogP contribution is -2.00. The normalized spacial score (nSPS) is 11.2. The summed E-state index contributed by atoms with van der Waals surface area (Å²) in [6.07, 6.45) is 3.33. The largest absolute Gasteiger partial charge is 0.423 e. The number of fused-ring (bicyclic) bond motifs is 1. The van der Waals surface area contributed by atoms with E-state index in [1.165, 1.54) is 17.8 Å². The number of nitrogens with zero attached hydrogens (tertiary/aromatic N) is 3. The first-order valence-corrected chi connectivity index (χ1v) is 9.06. The number of halogens is 1. The predicted octanol–water partition coefficient (Wildman–Crippen LogP) is 4.49. The Morgan fingerprint density at radius 1 is 1.19 bits per heavy atom. The number of benzene rings is 1. The highest BCUT2D eigenvalue weighted by Gasteiger charge is 2.12. The Morgan fingerprint density at radius 3 is 2.88 bits per heavy atom. The van der Waals surface area contributed by atoms with Gasteiger partial charge >= 0.3 is 5.63 Å². The van der Waals surface area contributed by atoms with Crippen molar-refractivity contribution in [2.45, 2.75) is 17.9 Å². The molecule has 0 aliphatic heterocycles. The molecule has 0 unspecified atom stereocenters. The molecule has 6 nitrogen and oxygen atoms in total. The van der Waals surface area contributed by atoms with Gasteiger partial charge in [0.2, 0.25) is 5.89 Å². The zero-order chi connectivity index (χ0) is 18.1. The molecule has 0 aliphatic rings. The molecule has 0 aliphatic carbocycles. The molecular formula is C18H12ClN3O3S. The van der Waals surface area contributed by atoms with Crippen molar-refractivity contribution in [2.75, 3.05) is 0 Å². The molecule has 3 heterocycles. The van der Waals surface area contributed by atoms with Gasteiger partial charge in [0, 0.05) is 34.6 Å². The monoisotopic (exact) mass is 385 g/mol. The molecule has 8 heteroatoms. The molecule has 3 aromatic heterocycles. The second-order valence-corrected chi connectivity index (χ2v) is 6.93. The quantitative estimate of drug-likeness (QED) is 0.378. The first-order chi connectivity index (χ1) is 12.6. The van der Waals surface area contributed by atoms with E-state index < -0.39 is 5.63 Å². The molecule has 4 aromatic rings. The highest BCUT2D eigenvalue weighted by Crippen LogP contribution is 2.30. The van der Waals surface area contributed by atoms with Crippen molar-refractivity contribution in [1.29, 1.82) is 0 Å². The third-order valence-corrected chi connectivity index (χ3v) is 5.05. The summed E-state index contributed by atoms with van der Waals surface area (Å²) in [5, 5.41) is 9.88. The SMILES string of the molecule is Cc1cc2oc(=O)cc(CSc3nnc(-c4cccnc4)o3)c2cc1Cl. The van der Waals surface area contributed by atoms with E-state index in [1.807, 2.05) is 13.0 Å². The van der Waals surface area contributed by atoms with E-state index in [4.69, 9.17) is 20.4 Å². The zero-order valence-electron chi connectivity index (χ0n) is 13.6. The van der Waals surface area contributed by atoms with Crippen LogP contribution in [0, 0.1) is 6.92 Å². The van der Waals surface area contributed by atoms with E-state index in [9.17, 15) is 4.79 Å². The van der Waals surface area contributed by atoms with E-state index >= 15 is 0 Å². The summed E-state index contributed by atoms with van der Waals surface area (Å²) in [6.45, 7) is 1.86. The number of thioether (sulfide) groups is 1. The molecule has 4 rings (SSSR count). The molecule has 0 fully saturated rings. The number of pyridine rings is 1. The van der Waals surface area contributed by atoms with Crippen LogP contribution in [0.1, 0.15) is 11.1 Å². The van der Waals surface area contributed by atoms with Gasteiger partial charge in [-0.25, -0.2) is 4.79 Å². The van der Waals surface area contributed by atoms with Crippen LogP contribution in [0.25, 0.3) is 22.4 Å². The maximum Gasteiger partial charge on any atom is 0.336 e. The smallest absolute Gasteiger partial charge is 0.336 e. The first kappa shape index (κ1) is 16.8. The Kier molecular flexibility index (Phi) is 4.48. The summed E-state index contributed by atoms with van der Waals surface area (Å²) < 4.78 is 10.9. The first-order valence-electron chi connectivity index (χ1n) is 7.70. The Labute approximate surface area is 157 Å². The standard InChI is InChI=1S/C18H12ClN3O3S/c1-10-5-15-13(7-14(10)19)12(6-16(23)24-15)9-26-18-22-21-17(25-18)11-3-2-4-20-8-11/h2-8H,9H2,1H3. The molecule has 26 heavy (non-hydrogen) atoms. The maximum absolute atomic E-state index is 11.8. The maximum atomic E-state index is 11.8. The third kappa shape index (κ3) is 3.36. The van der Waals surface area contributed by atoms with E-state index in [1.54, 1.807) is 30.6 Å². The number of aryl methyl sites for hydroxylation is 1.